The highest BCUT2D eigenvalue weighted by Crippen LogP contribution is 2.18. The highest BCUT2D eigenvalue weighted by Gasteiger charge is 2.11. The van der Waals surface area contributed by atoms with Gasteiger partial charge in [-0.05, 0) is 36.8 Å². The van der Waals surface area contributed by atoms with Crippen LogP contribution in [0.25, 0.3) is 0 Å². The summed E-state index contributed by atoms with van der Waals surface area (Å²) in [4.78, 5) is 13.1. The van der Waals surface area contributed by atoms with Crippen LogP contribution >= 0.6 is 11.8 Å². The van der Waals surface area contributed by atoms with Crippen LogP contribution in [-0.2, 0) is 4.74 Å². The van der Waals surface area contributed by atoms with E-state index in [4.69, 9.17) is 10.5 Å². The Morgan fingerprint density at radius 1 is 1.15 bits per heavy atom. The Balaban J connectivity index is 1.82. The minimum absolute atomic E-state index is 0.316. The summed E-state index contributed by atoms with van der Waals surface area (Å²) in [5.74, 6) is 0.417. The number of esters is 1. The fourth-order valence-electron chi connectivity index (χ4n) is 1.76. The van der Waals surface area contributed by atoms with E-state index in [1.165, 1.54) is 4.90 Å². The van der Waals surface area contributed by atoms with E-state index in [0.29, 0.717) is 17.9 Å². The van der Waals surface area contributed by atoms with Gasteiger partial charge in [-0.2, -0.15) is 0 Å². The van der Waals surface area contributed by atoms with E-state index in [2.05, 4.69) is 0 Å². The summed E-state index contributed by atoms with van der Waals surface area (Å²) in [6.07, 6.45) is 0. The fraction of sp³-hybridized carbons (Fsp3) is 0.188. The molecule has 2 N–H and O–H groups in total. The Hall–Kier alpha value is -1.94. The highest BCUT2D eigenvalue weighted by molar-refractivity contribution is 7.99. The molecular formula is C16H17NO2S. The van der Waals surface area contributed by atoms with Gasteiger partial charge in [-0.25, -0.2) is 4.79 Å². The maximum Gasteiger partial charge on any atom is 0.338 e. The average molecular weight is 287 g/mol. The van der Waals surface area contributed by atoms with Crippen molar-refractivity contribution in [2.24, 2.45) is 0 Å². The van der Waals surface area contributed by atoms with Gasteiger partial charge in [-0.3, -0.25) is 0 Å². The second-order valence-electron chi connectivity index (χ2n) is 4.32. The molecule has 0 saturated carbocycles. The van der Waals surface area contributed by atoms with Crippen LogP contribution in [-0.4, -0.2) is 18.3 Å². The number of carbonyl (C=O) groups is 1. The molecule has 20 heavy (non-hydrogen) atoms. The van der Waals surface area contributed by atoms with E-state index in [1.54, 1.807) is 30.0 Å². The van der Waals surface area contributed by atoms with Gasteiger partial charge in [0.1, 0.15) is 6.61 Å². The van der Waals surface area contributed by atoms with Crippen molar-refractivity contribution in [1.82, 2.24) is 0 Å². The normalized spacial score (nSPS) is 10.2. The minimum Gasteiger partial charge on any atom is -0.461 e. The first kappa shape index (κ1) is 14.5. The van der Waals surface area contributed by atoms with Crippen LogP contribution in [0.5, 0.6) is 0 Å². The molecule has 4 heteroatoms. The maximum atomic E-state index is 11.9. The first-order valence-electron chi connectivity index (χ1n) is 6.38. The van der Waals surface area contributed by atoms with Crippen molar-refractivity contribution in [1.29, 1.82) is 0 Å². The third-order valence-electron chi connectivity index (χ3n) is 2.92. The quantitative estimate of drug-likeness (QED) is 0.395. The SMILES string of the molecule is Cc1c(N)cccc1C(=O)OCCSc1ccccc1. The van der Waals surface area contributed by atoms with Crippen molar-refractivity contribution < 1.29 is 9.53 Å². The molecule has 2 rings (SSSR count). The monoisotopic (exact) mass is 287 g/mol. The van der Waals surface area contributed by atoms with Crippen molar-refractivity contribution in [3.63, 3.8) is 0 Å². The van der Waals surface area contributed by atoms with Crippen LogP contribution in [0.4, 0.5) is 5.69 Å². The van der Waals surface area contributed by atoms with E-state index < -0.39 is 0 Å². The zero-order valence-electron chi connectivity index (χ0n) is 11.3. The molecule has 0 radical (unpaired) electrons. The molecule has 0 fully saturated rings. The van der Waals surface area contributed by atoms with Crippen LogP contribution in [0.3, 0.4) is 0 Å². The number of hydrogen-bond acceptors (Lipinski definition) is 4. The summed E-state index contributed by atoms with van der Waals surface area (Å²) < 4.78 is 5.27. The summed E-state index contributed by atoms with van der Waals surface area (Å²) in [6, 6.07) is 15.3. The molecule has 0 aromatic heterocycles. The number of hydrogen-bond donors (Lipinski definition) is 1. The zero-order chi connectivity index (χ0) is 14.4. The number of carbonyl (C=O) groups excluding carboxylic acids is 1. The topological polar surface area (TPSA) is 52.3 Å². The number of rotatable bonds is 5. The number of nitrogen functional groups attached to an aromatic ring is 1. The van der Waals surface area contributed by atoms with Gasteiger partial charge < -0.3 is 10.5 Å². The second-order valence-corrected chi connectivity index (χ2v) is 5.49. The standard InChI is InChI=1S/C16H17NO2S/c1-12-14(8-5-9-15(12)17)16(18)19-10-11-20-13-6-3-2-4-7-13/h2-9H,10-11,17H2,1H3. The number of benzene rings is 2. The molecular weight excluding hydrogens is 270 g/mol. The third kappa shape index (κ3) is 3.78. The van der Waals surface area contributed by atoms with Gasteiger partial charge in [-0.15, -0.1) is 11.8 Å². The smallest absolute Gasteiger partial charge is 0.338 e. The molecule has 3 nitrogen and oxygen atoms in total. The third-order valence-corrected chi connectivity index (χ3v) is 3.90. The van der Waals surface area contributed by atoms with Crippen molar-refractivity contribution >= 4 is 23.4 Å². The molecule has 0 aliphatic heterocycles. The summed E-state index contributed by atoms with van der Waals surface area (Å²) in [7, 11) is 0. The van der Waals surface area contributed by atoms with Crippen molar-refractivity contribution in [3.05, 3.63) is 59.7 Å². The number of thioether (sulfide) groups is 1. The molecule has 0 aliphatic carbocycles. The number of ether oxygens (including phenoxy) is 1. The summed E-state index contributed by atoms with van der Waals surface area (Å²) in [6.45, 7) is 2.21. The Morgan fingerprint density at radius 3 is 2.65 bits per heavy atom. The molecule has 0 saturated heterocycles. The Labute approximate surface area is 123 Å². The van der Waals surface area contributed by atoms with Crippen LogP contribution in [0, 0.1) is 6.92 Å². The van der Waals surface area contributed by atoms with Gasteiger partial charge in [0.15, 0.2) is 0 Å². The van der Waals surface area contributed by atoms with E-state index >= 15 is 0 Å². The minimum atomic E-state index is -0.316. The first-order valence-corrected chi connectivity index (χ1v) is 7.37. The van der Waals surface area contributed by atoms with E-state index in [0.717, 1.165) is 11.3 Å². The largest absolute Gasteiger partial charge is 0.461 e. The highest BCUT2D eigenvalue weighted by atomic mass is 32.2. The van der Waals surface area contributed by atoms with Gasteiger partial charge in [-0.1, -0.05) is 24.3 Å². The summed E-state index contributed by atoms with van der Waals surface area (Å²) >= 11 is 1.66. The molecule has 0 aliphatic rings. The zero-order valence-corrected chi connectivity index (χ0v) is 12.2. The predicted octanol–water partition coefficient (Wildman–Crippen LogP) is 3.53. The second kappa shape index (κ2) is 7.01. The lowest BCUT2D eigenvalue weighted by molar-refractivity contribution is 0.0529. The average Bonchev–Trinajstić information content (AvgIpc) is 2.47. The van der Waals surface area contributed by atoms with Crippen molar-refractivity contribution in [3.8, 4) is 0 Å². The lowest BCUT2D eigenvalue weighted by Crippen LogP contribution is -2.10. The molecule has 104 valence electrons. The fourth-order valence-corrected chi connectivity index (χ4v) is 2.51. The number of nitrogens with two attached hydrogens (primary N) is 1. The summed E-state index contributed by atoms with van der Waals surface area (Å²) in [5, 5.41) is 0. The molecule has 0 bridgehead atoms. The lowest BCUT2D eigenvalue weighted by atomic mass is 10.1. The first-order chi connectivity index (χ1) is 9.68. The Kier molecular flexibility index (Phi) is 5.07. The van der Waals surface area contributed by atoms with Crippen LogP contribution in [0.15, 0.2) is 53.4 Å². The molecule has 0 unspecified atom stereocenters. The maximum absolute atomic E-state index is 11.9. The van der Waals surface area contributed by atoms with Gasteiger partial charge in [0.05, 0.1) is 5.56 Å². The van der Waals surface area contributed by atoms with Crippen LogP contribution < -0.4 is 5.73 Å². The summed E-state index contributed by atoms with van der Waals surface area (Å²) in [5.41, 5.74) is 7.69. The van der Waals surface area contributed by atoms with Crippen molar-refractivity contribution in [2.75, 3.05) is 18.1 Å². The lowest BCUT2D eigenvalue weighted by Gasteiger charge is -2.08. The van der Waals surface area contributed by atoms with E-state index in [9.17, 15) is 4.79 Å². The number of anilines is 1. The molecule has 2 aromatic carbocycles. The van der Waals surface area contributed by atoms with Gasteiger partial charge >= 0.3 is 5.97 Å². The Bertz CT molecular complexity index is 584. The van der Waals surface area contributed by atoms with Crippen LogP contribution in [0.1, 0.15) is 15.9 Å². The molecule has 2 aromatic rings. The molecule has 0 atom stereocenters. The van der Waals surface area contributed by atoms with Crippen LogP contribution in [0.2, 0.25) is 0 Å². The molecule has 0 spiro atoms. The van der Waals surface area contributed by atoms with Gasteiger partial charge in [0.25, 0.3) is 0 Å². The van der Waals surface area contributed by atoms with Gasteiger partial charge in [0, 0.05) is 16.3 Å². The van der Waals surface area contributed by atoms with Crippen molar-refractivity contribution in [2.45, 2.75) is 11.8 Å². The Morgan fingerprint density at radius 2 is 1.90 bits per heavy atom. The molecule has 0 heterocycles. The van der Waals surface area contributed by atoms with E-state index in [1.807, 2.05) is 37.3 Å². The van der Waals surface area contributed by atoms with Gasteiger partial charge in [0.2, 0.25) is 0 Å². The predicted molar refractivity (Wildman–Crippen MR) is 83.0 cm³/mol. The van der Waals surface area contributed by atoms with E-state index in [-0.39, 0.29) is 5.97 Å². The molecule has 0 amide bonds.